The molecule has 2 aromatic rings. The zero-order chi connectivity index (χ0) is 16.1. The normalized spacial score (nSPS) is 15.2. The van der Waals surface area contributed by atoms with Crippen molar-refractivity contribution in [3.63, 3.8) is 0 Å². The Hall–Kier alpha value is -2.42. The van der Waals surface area contributed by atoms with Crippen molar-refractivity contribution in [1.29, 1.82) is 0 Å². The first-order valence-corrected chi connectivity index (χ1v) is 8.14. The van der Waals surface area contributed by atoms with Crippen LogP contribution in [0.15, 0.2) is 65.8 Å². The van der Waals surface area contributed by atoms with E-state index in [0.717, 1.165) is 29.8 Å². The van der Waals surface area contributed by atoms with Crippen molar-refractivity contribution in [3.05, 3.63) is 67.2 Å². The molecule has 1 fully saturated rings. The molecule has 0 radical (unpaired) electrons. The molecule has 0 bridgehead atoms. The third kappa shape index (κ3) is 3.86. The topological polar surface area (TPSA) is 25.6 Å². The van der Waals surface area contributed by atoms with Crippen molar-refractivity contribution in [2.24, 2.45) is 0 Å². The van der Waals surface area contributed by atoms with Crippen molar-refractivity contribution < 1.29 is 9.15 Å². The average molecular weight is 309 g/mol. The molecule has 23 heavy (non-hydrogen) atoms. The fourth-order valence-electron chi connectivity index (χ4n) is 2.89. The Morgan fingerprint density at radius 3 is 2.83 bits per heavy atom. The average Bonchev–Trinajstić information content (AvgIpc) is 3.01. The molecule has 2 heterocycles. The van der Waals surface area contributed by atoms with Gasteiger partial charge in [0.1, 0.15) is 23.7 Å². The summed E-state index contributed by atoms with van der Waals surface area (Å²) < 4.78 is 11.4. The molecule has 0 aliphatic carbocycles. The van der Waals surface area contributed by atoms with E-state index in [0.29, 0.717) is 12.4 Å². The van der Waals surface area contributed by atoms with Crippen molar-refractivity contribution in [2.45, 2.75) is 25.9 Å². The number of fused-ring (bicyclic) bond motifs is 1. The van der Waals surface area contributed by atoms with Crippen LogP contribution in [0.5, 0.6) is 0 Å². The minimum absolute atomic E-state index is 0.383. The summed E-state index contributed by atoms with van der Waals surface area (Å²) in [6.07, 6.45) is 9.18. The number of furan rings is 1. The van der Waals surface area contributed by atoms with Crippen LogP contribution in [0.3, 0.4) is 0 Å². The van der Waals surface area contributed by atoms with Crippen LogP contribution >= 0.6 is 0 Å². The smallest absolute Gasteiger partial charge is 0.146 e. The quantitative estimate of drug-likeness (QED) is 0.542. The highest BCUT2D eigenvalue weighted by atomic mass is 16.5. The van der Waals surface area contributed by atoms with Gasteiger partial charge in [0.15, 0.2) is 0 Å². The second kappa shape index (κ2) is 7.23. The van der Waals surface area contributed by atoms with Gasteiger partial charge in [-0.05, 0) is 49.6 Å². The summed E-state index contributed by atoms with van der Waals surface area (Å²) >= 11 is 0. The van der Waals surface area contributed by atoms with Crippen molar-refractivity contribution in [2.75, 3.05) is 18.0 Å². The van der Waals surface area contributed by atoms with Crippen LogP contribution in [0.4, 0.5) is 5.69 Å². The van der Waals surface area contributed by atoms with Gasteiger partial charge in [0.05, 0.1) is 0 Å². The highest BCUT2D eigenvalue weighted by molar-refractivity contribution is 5.82. The van der Waals surface area contributed by atoms with Gasteiger partial charge in [-0.2, -0.15) is 0 Å². The first-order chi connectivity index (χ1) is 11.3. The molecule has 1 aromatic heterocycles. The van der Waals surface area contributed by atoms with E-state index < -0.39 is 0 Å². The molecule has 120 valence electrons. The van der Waals surface area contributed by atoms with E-state index in [1.54, 1.807) is 18.2 Å². The third-order valence-electron chi connectivity index (χ3n) is 4.09. The lowest BCUT2D eigenvalue weighted by molar-refractivity contribution is 0.191. The summed E-state index contributed by atoms with van der Waals surface area (Å²) in [5.41, 5.74) is 2.18. The summed E-state index contributed by atoms with van der Waals surface area (Å²) in [6, 6.07) is 8.45. The number of anilines is 1. The first kappa shape index (κ1) is 15.5. The molecule has 0 amide bonds. The van der Waals surface area contributed by atoms with Crippen LogP contribution < -0.4 is 4.90 Å². The molecule has 1 aromatic carbocycles. The Bertz CT molecular complexity index is 720. The maximum absolute atomic E-state index is 5.84. The summed E-state index contributed by atoms with van der Waals surface area (Å²) in [5.74, 6) is 1.41. The standard InChI is InChI=1S/C20H23NO2/c1-3-4-8-16(2)22-15-19-14-17-13-18(9-10-20(17)23-19)21-11-6-5-7-12-21/h3-4,8-10,13-14H,1-2,5-7,11-12,15H2. The molecule has 0 unspecified atom stereocenters. The van der Waals surface area contributed by atoms with Gasteiger partial charge in [-0.1, -0.05) is 25.3 Å². The number of benzene rings is 1. The van der Waals surface area contributed by atoms with Gasteiger partial charge in [0.25, 0.3) is 0 Å². The summed E-state index contributed by atoms with van der Waals surface area (Å²) in [6.45, 7) is 10.1. The van der Waals surface area contributed by atoms with E-state index in [2.05, 4.69) is 36.3 Å². The Labute approximate surface area is 137 Å². The first-order valence-electron chi connectivity index (χ1n) is 8.14. The molecule has 0 spiro atoms. The van der Waals surface area contributed by atoms with Gasteiger partial charge in [-0.25, -0.2) is 0 Å². The molecule has 1 aliphatic heterocycles. The highest BCUT2D eigenvalue weighted by Crippen LogP contribution is 2.27. The zero-order valence-corrected chi connectivity index (χ0v) is 13.5. The molecule has 0 N–H and O–H groups in total. The van der Waals surface area contributed by atoms with Crippen LogP contribution in [-0.2, 0) is 11.3 Å². The maximum Gasteiger partial charge on any atom is 0.146 e. The van der Waals surface area contributed by atoms with Gasteiger partial charge >= 0.3 is 0 Å². The second-order valence-electron chi connectivity index (χ2n) is 5.83. The van der Waals surface area contributed by atoms with Crippen molar-refractivity contribution in [1.82, 2.24) is 0 Å². The van der Waals surface area contributed by atoms with Gasteiger partial charge in [-0.3, -0.25) is 0 Å². The fraction of sp³-hybridized carbons (Fsp3) is 0.300. The molecular formula is C20H23NO2. The zero-order valence-electron chi connectivity index (χ0n) is 13.5. The van der Waals surface area contributed by atoms with Crippen LogP contribution in [0, 0.1) is 0 Å². The number of piperidine rings is 1. The third-order valence-corrected chi connectivity index (χ3v) is 4.09. The predicted molar refractivity (Wildman–Crippen MR) is 95.5 cm³/mol. The number of allylic oxidation sites excluding steroid dienone is 3. The van der Waals surface area contributed by atoms with E-state index in [9.17, 15) is 0 Å². The number of ether oxygens (including phenoxy) is 1. The molecule has 1 aliphatic rings. The minimum atomic E-state index is 0.383. The lowest BCUT2D eigenvalue weighted by Crippen LogP contribution is -2.29. The molecule has 3 nitrogen and oxygen atoms in total. The minimum Gasteiger partial charge on any atom is -0.486 e. The lowest BCUT2D eigenvalue weighted by atomic mass is 10.1. The molecule has 3 heteroatoms. The second-order valence-corrected chi connectivity index (χ2v) is 5.83. The fourth-order valence-corrected chi connectivity index (χ4v) is 2.89. The van der Waals surface area contributed by atoms with E-state index >= 15 is 0 Å². The SMILES string of the molecule is C=CC=CC(=C)OCc1cc2cc(N3CCCCC3)ccc2o1. The number of rotatable bonds is 6. The lowest BCUT2D eigenvalue weighted by Gasteiger charge is -2.28. The number of nitrogens with zero attached hydrogens (tertiary/aromatic N) is 1. The Kier molecular flexibility index (Phi) is 4.86. The van der Waals surface area contributed by atoms with Crippen LogP contribution in [-0.4, -0.2) is 13.1 Å². The summed E-state index contributed by atoms with van der Waals surface area (Å²) in [7, 11) is 0. The van der Waals surface area contributed by atoms with E-state index in [-0.39, 0.29) is 0 Å². The Morgan fingerprint density at radius 1 is 1.22 bits per heavy atom. The number of hydrogen-bond acceptors (Lipinski definition) is 3. The molecular weight excluding hydrogens is 286 g/mol. The maximum atomic E-state index is 5.84. The van der Waals surface area contributed by atoms with Gasteiger partial charge < -0.3 is 14.1 Å². The summed E-state index contributed by atoms with van der Waals surface area (Å²) in [4.78, 5) is 2.45. The predicted octanol–water partition coefficient (Wildman–Crippen LogP) is 5.20. The van der Waals surface area contributed by atoms with Gasteiger partial charge in [0, 0.05) is 24.2 Å². The monoisotopic (exact) mass is 309 g/mol. The largest absolute Gasteiger partial charge is 0.486 e. The molecule has 3 rings (SSSR count). The van der Waals surface area contributed by atoms with E-state index in [1.165, 1.54) is 24.9 Å². The molecule has 1 saturated heterocycles. The molecule has 0 saturated carbocycles. The van der Waals surface area contributed by atoms with Crippen molar-refractivity contribution in [3.8, 4) is 0 Å². The molecule has 0 atom stereocenters. The Morgan fingerprint density at radius 2 is 2.04 bits per heavy atom. The van der Waals surface area contributed by atoms with Gasteiger partial charge in [-0.15, -0.1) is 0 Å². The summed E-state index contributed by atoms with van der Waals surface area (Å²) in [5, 5.41) is 1.12. The number of hydrogen-bond donors (Lipinski definition) is 0. The Balaban J connectivity index is 1.70. The van der Waals surface area contributed by atoms with Crippen molar-refractivity contribution >= 4 is 16.7 Å². The van der Waals surface area contributed by atoms with Crippen LogP contribution in [0.25, 0.3) is 11.0 Å². The van der Waals surface area contributed by atoms with E-state index in [1.807, 2.05) is 6.07 Å². The van der Waals surface area contributed by atoms with Crippen LogP contribution in [0.1, 0.15) is 25.0 Å². The van der Waals surface area contributed by atoms with Gasteiger partial charge in [0.2, 0.25) is 0 Å². The van der Waals surface area contributed by atoms with E-state index in [4.69, 9.17) is 9.15 Å². The highest BCUT2D eigenvalue weighted by Gasteiger charge is 2.12. The van der Waals surface area contributed by atoms with Crippen LogP contribution in [0.2, 0.25) is 0 Å².